The van der Waals surface area contributed by atoms with Crippen LogP contribution in [0.5, 0.6) is 5.75 Å². The Kier molecular flexibility index (Phi) is 6.70. The monoisotopic (exact) mass is 299 g/mol. The van der Waals surface area contributed by atoms with Crippen LogP contribution in [0.2, 0.25) is 5.02 Å². The van der Waals surface area contributed by atoms with Gasteiger partial charge in [-0.3, -0.25) is 15.6 Å². The van der Waals surface area contributed by atoms with Crippen LogP contribution in [0.4, 0.5) is 0 Å². The highest BCUT2D eigenvalue weighted by Crippen LogP contribution is 2.22. The number of thiocarbonyl (C=S) groups is 1. The molecule has 0 aromatic heterocycles. The van der Waals surface area contributed by atoms with Gasteiger partial charge in [0, 0.05) is 6.54 Å². The van der Waals surface area contributed by atoms with E-state index >= 15 is 0 Å². The molecular weight excluding hydrogens is 286 g/mol. The highest BCUT2D eigenvalue weighted by molar-refractivity contribution is 7.80. The fourth-order valence-electron chi connectivity index (χ4n) is 1.08. The van der Waals surface area contributed by atoms with Crippen molar-refractivity contribution in [2.75, 3.05) is 13.2 Å². The summed E-state index contributed by atoms with van der Waals surface area (Å²) in [4.78, 5) is 11.5. The highest BCUT2D eigenvalue weighted by Gasteiger charge is 2.05. The molecule has 0 aliphatic carbocycles. The molecule has 0 radical (unpaired) electrons. The van der Waals surface area contributed by atoms with Crippen LogP contribution in [-0.2, 0) is 4.79 Å². The standard InChI is InChI=1S/C12H14ClN3O2S/c1-2-7-14-12(19)16-15-11(17)8-18-10-6-4-3-5-9(10)13/h2-6H,1,7-8H2,(H,15,17)(H2,14,16,19). The van der Waals surface area contributed by atoms with Crippen molar-refractivity contribution < 1.29 is 9.53 Å². The molecule has 7 heteroatoms. The predicted molar refractivity (Wildman–Crippen MR) is 79.0 cm³/mol. The lowest BCUT2D eigenvalue weighted by Gasteiger charge is -2.11. The van der Waals surface area contributed by atoms with Gasteiger partial charge in [-0.2, -0.15) is 0 Å². The number of carbonyl (C=O) groups excluding carboxylic acids is 1. The van der Waals surface area contributed by atoms with Crippen LogP contribution >= 0.6 is 23.8 Å². The minimum Gasteiger partial charge on any atom is -0.482 e. The van der Waals surface area contributed by atoms with Gasteiger partial charge in [-0.15, -0.1) is 6.58 Å². The van der Waals surface area contributed by atoms with Crippen LogP contribution in [0.25, 0.3) is 0 Å². The molecule has 0 unspecified atom stereocenters. The molecule has 5 nitrogen and oxygen atoms in total. The summed E-state index contributed by atoms with van der Waals surface area (Å²) < 4.78 is 5.25. The second kappa shape index (κ2) is 8.34. The smallest absolute Gasteiger partial charge is 0.276 e. The molecule has 1 aromatic rings. The number of para-hydroxylation sites is 1. The third-order valence-corrected chi connectivity index (χ3v) is 2.48. The normalized spacial score (nSPS) is 9.32. The fourth-order valence-corrected chi connectivity index (χ4v) is 1.40. The topological polar surface area (TPSA) is 62.4 Å². The van der Waals surface area contributed by atoms with Gasteiger partial charge in [0.05, 0.1) is 5.02 Å². The summed E-state index contributed by atoms with van der Waals surface area (Å²) in [6, 6.07) is 6.91. The van der Waals surface area contributed by atoms with Crippen LogP contribution in [-0.4, -0.2) is 24.2 Å². The van der Waals surface area contributed by atoms with Crippen LogP contribution in [0.3, 0.4) is 0 Å². The zero-order chi connectivity index (χ0) is 14.1. The number of nitrogens with one attached hydrogen (secondary N) is 3. The van der Waals surface area contributed by atoms with E-state index < -0.39 is 0 Å². The SMILES string of the molecule is C=CCNC(=S)NNC(=O)COc1ccccc1Cl. The Bertz CT molecular complexity index is 468. The molecule has 0 atom stereocenters. The summed E-state index contributed by atoms with van der Waals surface area (Å²) in [5.41, 5.74) is 4.91. The zero-order valence-electron chi connectivity index (χ0n) is 10.1. The molecular formula is C12H14ClN3O2S. The van der Waals surface area contributed by atoms with Crippen molar-refractivity contribution in [1.29, 1.82) is 0 Å². The van der Waals surface area contributed by atoms with E-state index in [1.807, 2.05) is 0 Å². The minimum absolute atomic E-state index is 0.166. The average Bonchev–Trinajstić information content (AvgIpc) is 2.42. The van der Waals surface area contributed by atoms with E-state index in [1.165, 1.54) is 0 Å². The van der Waals surface area contributed by atoms with Crippen molar-refractivity contribution in [3.63, 3.8) is 0 Å². The Morgan fingerprint density at radius 2 is 2.16 bits per heavy atom. The van der Waals surface area contributed by atoms with Gasteiger partial charge in [0.25, 0.3) is 5.91 Å². The molecule has 0 aliphatic rings. The quantitative estimate of drug-likeness (QED) is 0.436. The van der Waals surface area contributed by atoms with Crippen molar-refractivity contribution in [3.05, 3.63) is 41.9 Å². The number of benzene rings is 1. The molecule has 0 saturated carbocycles. The number of carbonyl (C=O) groups is 1. The Labute approximate surface area is 121 Å². The first kappa shape index (κ1) is 15.3. The first-order valence-corrected chi connectivity index (χ1v) is 6.23. The first-order valence-electron chi connectivity index (χ1n) is 5.44. The number of hydrogen-bond donors (Lipinski definition) is 3. The van der Waals surface area contributed by atoms with Crippen molar-refractivity contribution in [2.45, 2.75) is 0 Å². The van der Waals surface area contributed by atoms with Gasteiger partial charge in [0.2, 0.25) is 0 Å². The summed E-state index contributed by atoms with van der Waals surface area (Å²) >= 11 is 10.8. The van der Waals surface area contributed by atoms with Crippen molar-refractivity contribution in [2.24, 2.45) is 0 Å². The molecule has 0 saturated heterocycles. The molecule has 0 fully saturated rings. The molecule has 19 heavy (non-hydrogen) atoms. The fraction of sp³-hybridized carbons (Fsp3) is 0.167. The third kappa shape index (κ3) is 6.08. The molecule has 0 heterocycles. The second-order valence-electron chi connectivity index (χ2n) is 3.39. The van der Waals surface area contributed by atoms with Gasteiger partial charge in [0.15, 0.2) is 11.7 Å². The van der Waals surface area contributed by atoms with Crippen LogP contribution in [0.15, 0.2) is 36.9 Å². The maximum Gasteiger partial charge on any atom is 0.276 e. The lowest BCUT2D eigenvalue weighted by molar-refractivity contribution is -0.123. The summed E-state index contributed by atoms with van der Waals surface area (Å²) in [6.07, 6.45) is 1.65. The van der Waals surface area contributed by atoms with Gasteiger partial charge in [-0.25, -0.2) is 0 Å². The van der Waals surface area contributed by atoms with Crippen LogP contribution in [0, 0.1) is 0 Å². The van der Waals surface area contributed by atoms with E-state index in [1.54, 1.807) is 30.3 Å². The second-order valence-corrected chi connectivity index (χ2v) is 4.21. The summed E-state index contributed by atoms with van der Waals surface area (Å²) in [5, 5.41) is 3.54. The molecule has 3 N–H and O–H groups in total. The van der Waals surface area contributed by atoms with E-state index in [0.717, 1.165) is 0 Å². The first-order chi connectivity index (χ1) is 9.13. The van der Waals surface area contributed by atoms with Crippen LogP contribution < -0.4 is 20.9 Å². The Morgan fingerprint density at radius 1 is 1.42 bits per heavy atom. The van der Waals surface area contributed by atoms with E-state index in [-0.39, 0.29) is 12.5 Å². The number of ether oxygens (including phenoxy) is 1. The number of rotatable bonds is 5. The average molecular weight is 300 g/mol. The molecule has 1 rings (SSSR count). The zero-order valence-corrected chi connectivity index (χ0v) is 11.7. The lowest BCUT2D eigenvalue weighted by Crippen LogP contribution is -2.48. The number of halogens is 1. The van der Waals surface area contributed by atoms with Gasteiger partial charge < -0.3 is 10.1 Å². The number of hydrazine groups is 1. The van der Waals surface area contributed by atoms with E-state index in [0.29, 0.717) is 22.4 Å². The predicted octanol–water partition coefficient (Wildman–Crippen LogP) is 1.40. The Morgan fingerprint density at radius 3 is 2.84 bits per heavy atom. The van der Waals surface area contributed by atoms with Crippen molar-refractivity contribution in [3.8, 4) is 5.75 Å². The Hall–Kier alpha value is -1.79. The highest BCUT2D eigenvalue weighted by atomic mass is 35.5. The molecule has 1 amide bonds. The maximum absolute atomic E-state index is 11.5. The summed E-state index contributed by atoms with van der Waals surface area (Å²) in [7, 11) is 0. The molecule has 1 aromatic carbocycles. The van der Waals surface area contributed by atoms with E-state index in [2.05, 4.69) is 22.7 Å². The Balaban J connectivity index is 2.27. The van der Waals surface area contributed by atoms with Gasteiger partial charge in [-0.1, -0.05) is 29.8 Å². The van der Waals surface area contributed by atoms with E-state index in [9.17, 15) is 4.79 Å². The largest absolute Gasteiger partial charge is 0.482 e. The number of amides is 1. The van der Waals surface area contributed by atoms with Crippen molar-refractivity contribution in [1.82, 2.24) is 16.2 Å². The summed E-state index contributed by atoms with van der Waals surface area (Å²) in [6.45, 7) is 3.88. The van der Waals surface area contributed by atoms with Gasteiger partial charge in [-0.05, 0) is 24.4 Å². The minimum atomic E-state index is -0.373. The number of hydrogen-bond acceptors (Lipinski definition) is 3. The van der Waals surface area contributed by atoms with Gasteiger partial charge in [0.1, 0.15) is 5.75 Å². The third-order valence-electron chi connectivity index (χ3n) is 1.92. The molecule has 102 valence electrons. The molecule has 0 aliphatic heterocycles. The lowest BCUT2D eigenvalue weighted by atomic mass is 10.3. The molecule has 0 spiro atoms. The summed E-state index contributed by atoms with van der Waals surface area (Å²) in [5.74, 6) is 0.0781. The van der Waals surface area contributed by atoms with Crippen LogP contribution in [0.1, 0.15) is 0 Å². The molecule has 0 bridgehead atoms. The maximum atomic E-state index is 11.5. The van der Waals surface area contributed by atoms with Crippen molar-refractivity contribution >= 4 is 34.8 Å². The van der Waals surface area contributed by atoms with Gasteiger partial charge >= 0.3 is 0 Å². The van der Waals surface area contributed by atoms with E-state index in [4.69, 9.17) is 28.6 Å².